The van der Waals surface area contributed by atoms with Crippen LogP contribution in [0.3, 0.4) is 0 Å². The summed E-state index contributed by atoms with van der Waals surface area (Å²) in [6.45, 7) is 6.14. The zero-order valence-electron chi connectivity index (χ0n) is 12.1. The third-order valence-electron chi connectivity index (χ3n) is 3.09. The Bertz CT molecular complexity index is 573. The Labute approximate surface area is 123 Å². The lowest BCUT2D eigenvalue weighted by atomic mass is 10.1. The molecule has 20 heavy (non-hydrogen) atoms. The first-order chi connectivity index (χ1) is 9.51. The van der Waals surface area contributed by atoms with Gasteiger partial charge in [0.15, 0.2) is 0 Å². The van der Waals surface area contributed by atoms with E-state index in [4.69, 9.17) is 9.47 Å². The minimum atomic E-state index is -0.587. The first kappa shape index (κ1) is 14.8. The summed E-state index contributed by atoms with van der Waals surface area (Å²) >= 11 is 1.63. The van der Waals surface area contributed by atoms with Gasteiger partial charge >= 0.3 is 0 Å². The number of aliphatic hydroxyl groups is 1. The lowest BCUT2D eigenvalue weighted by molar-refractivity contribution is 0.190. The van der Waals surface area contributed by atoms with Gasteiger partial charge in [-0.1, -0.05) is 0 Å². The summed E-state index contributed by atoms with van der Waals surface area (Å²) < 4.78 is 11.0. The molecule has 1 unspecified atom stereocenters. The van der Waals surface area contributed by atoms with Gasteiger partial charge in [-0.15, -0.1) is 11.3 Å². The van der Waals surface area contributed by atoms with Crippen molar-refractivity contribution in [3.05, 3.63) is 39.3 Å². The predicted molar refractivity (Wildman–Crippen MR) is 79.5 cm³/mol. The molecule has 1 N–H and O–H groups in total. The van der Waals surface area contributed by atoms with E-state index in [-0.39, 0.29) is 0 Å². The van der Waals surface area contributed by atoms with Crippen LogP contribution in [0.1, 0.15) is 34.2 Å². The van der Waals surface area contributed by atoms with Gasteiger partial charge in [0, 0.05) is 16.5 Å². The Balaban J connectivity index is 2.18. The largest absolute Gasteiger partial charge is 0.497 e. The van der Waals surface area contributed by atoms with E-state index in [1.807, 2.05) is 26.0 Å². The number of benzene rings is 1. The molecule has 1 aromatic heterocycles. The van der Waals surface area contributed by atoms with Crippen molar-refractivity contribution in [1.29, 1.82) is 0 Å². The molecule has 1 aromatic carbocycles. The van der Waals surface area contributed by atoms with Gasteiger partial charge in [0.2, 0.25) is 0 Å². The van der Waals surface area contributed by atoms with Crippen LogP contribution >= 0.6 is 11.3 Å². The van der Waals surface area contributed by atoms with Gasteiger partial charge in [-0.3, -0.25) is 0 Å². The third kappa shape index (κ3) is 3.29. The van der Waals surface area contributed by atoms with Crippen molar-refractivity contribution < 1.29 is 14.6 Å². The molecule has 0 saturated carbocycles. The second-order valence-electron chi connectivity index (χ2n) is 4.62. The molecular weight excluding hydrogens is 274 g/mol. The number of aliphatic hydroxyl groups excluding tert-OH is 1. The number of thiazole rings is 1. The maximum atomic E-state index is 9.78. The van der Waals surface area contributed by atoms with Gasteiger partial charge in [-0.25, -0.2) is 4.98 Å². The topological polar surface area (TPSA) is 51.6 Å². The average Bonchev–Trinajstić information content (AvgIpc) is 2.75. The summed E-state index contributed by atoms with van der Waals surface area (Å²) in [6, 6.07) is 5.42. The first-order valence-corrected chi connectivity index (χ1v) is 7.24. The SMILES string of the molecule is COc1ccc(C(C)O)c(OCc2nc(C)c(C)s2)c1. The third-order valence-corrected chi connectivity index (χ3v) is 4.14. The van der Waals surface area contributed by atoms with E-state index >= 15 is 0 Å². The number of ether oxygens (including phenoxy) is 2. The van der Waals surface area contributed by atoms with Crippen molar-refractivity contribution in [2.75, 3.05) is 7.11 Å². The molecule has 0 amide bonds. The van der Waals surface area contributed by atoms with Crippen LogP contribution in [0.25, 0.3) is 0 Å². The minimum absolute atomic E-state index is 0.395. The number of nitrogens with zero attached hydrogens (tertiary/aromatic N) is 1. The smallest absolute Gasteiger partial charge is 0.140 e. The Morgan fingerprint density at radius 2 is 2.10 bits per heavy atom. The minimum Gasteiger partial charge on any atom is -0.497 e. The summed E-state index contributed by atoms with van der Waals surface area (Å²) in [5.41, 5.74) is 1.78. The standard InChI is InChI=1S/C15H19NO3S/c1-9-11(3)20-15(16-9)8-19-14-7-12(18-4)5-6-13(14)10(2)17/h5-7,10,17H,8H2,1-4H3. The van der Waals surface area contributed by atoms with Gasteiger partial charge < -0.3 is 14.6 Å². The molecule has 2 rings (SSSR count). The first-order valence-electron chi connectivity index (χ1n) is 6.43. The van der Waals surface area contributed by atoms with E-state index in [1.165, 1.54) is 4.88 Å². The second kappa shape index (κ2) is 6.24. The van der Waals surface area contributed by atoms with E-state index in [0.717, 1.165) is 16.3 Å². The molecule has 4 nitrogen and oxygen atoms in total. The van der Waals surface area contributed by atoms with E-state index in [2.05, 4.69) is 4.98 Å². The number of hydrogen-bond acceptors (Lipinski definition) is 5. The molecule has 0 aliphatic heterocycles. The van der Waals surface area contributed by atoms with Crippen molar-refractivity contribution in [3.8, 4) is 11.5 Å². The maximum absolute atomic E-state index is 9.78. The highest BCUT2D eigenvalue weighted by Crippen LogP contribution is 2.30. The molecule has 108 valence electrons. The molecular formula is C15H19NO3S. The molecule has 2 aromatic rings. The van der Waals surface area contributed by atoms with E-state index in [9.17, 15) is 5.11 Å². The molecule has 0 radical (unpaired) electrons. The van der Waals surface area contributed by atoms with E-state index in [0.29, 0.717) is 18.1 Å². The fourth-order valence-corrected chi connectivity index (χ4v) is 2.70. The predicted octanol–water partition coefficient (Wildman–Crippen LogP) is 3.40. The van der Waals surface area contributed by atoms with Crippen LogP contribution in [0.2, 0.25) is 0 Å². The van der Waals surface area contributed by atoms with Gasteiger partial charge in [0.25, 0.3) is 0 Å². The molecule has 0 fully saturated rings. The van der Waals surface area contributed by atoms with Crippen LogP contribution in [0.4, 0.5) is 0 Å². The summed E-state index contributed by atoms with van der Waals surface area (Å²) in [6.07, 6.45) is -0.587. The monoisotopic (exact) mass is 293 g/mol. The van der Waals surface area contributed by atoms with Crippen molar-refractivity contribution in [2.45, 2.75) is 33.5 Å². The Morgan fingerprint density at radius 1 is 1.35 bits per heavy atom. The summed E-state index contributed by atoms with van der Waals surface area (Å²) in [5.74, 6) is 1.33. The Morgan fingerprint density at radius 3 is 2.65 bits per heavy atom. The Hall–Kier alpha value is -1.59. The van der Waals surface area contributed by atoms with Crippen molar-refractivity contribution >= 4 is 11.3 Å². The van der Waals surface area contributed by atoms with Gasteiger partial charge in [-0.05, 0) is 32.9 Å². The number of rotatable bonds is 5. The van der Waals surface area contributed by atoms with E-state index in [1.54, 1.807) is 31.4 Å². The van der Waals surface area contributed by atoms with Crippen LogP contribution in [-0.4, -0.2) is 17.2 Å². The summed E-state index contributed by atoms with van der Waals surface area (Å²) in [7, 11) is 1.61. The van der Waals surface area contributed by atoms with Gasteiger partial charge in [0.1, 0.15) is 23.1 Å². The normalized spacial score (nSPS) is 12.2. The Kier molecular flexibility index (Phi) is 4.62. The molecule has 0 bridgehead atoms. The number of aromatic nitrogens is 1. The van der Waals surface area contributed by atoms with Gasteiger partial charge in [-0.2, -0.15) is 0 Å². The lowest BCUT2D eigenvalue weighted by Gasteiger charge is -2.14. The van der Waals surface area contributed by atoms with Crippen LogP contribution in [0.5, 0.6) is 11.5 Å². The lowest BCUT2D eigenvalue weighted by Crippen LogP contribution is -2.01. The highest BCUT2D eigenvalue weighted by atomic mass is 32.1. The molecule has 1 atom stereocenters. The highest BCUT2D eigenvalue weighted by Gasteiger charge is 2.12. The van der Waals surface area contributed by atoms with Crippen LogP contribution in [-0.2, 0) is 6.61 Å². The van der Waals surface area contributed by atoms with Crippen molar-refractivity contribution in [2.24, 2.45) is 0 Å². The number of aryl methyl sites for hydroxylation is 2. The van der Waals surface area contributed by atoms with Gasteiger partial charge in [0.05, 0.1) is 18.9 Å². The second-order valence-corrected chi connectivity index (χ2v) is 5.91. The summed E-state index contributed by atoms with van der Waals surface area (Å²) in [5, 5.41) is 10.7. The van der Waals surface area contributed by atoms with Crippen LogP contribution in [0.15, 0.2) is 18.2 Å². The maximum Gasteiger partial charge on any atom is 0.140 e. The molecule has 0 aliphatic rings. The summed E-state index contributed by atoms with van der Waals surface area (Å²) in [4.78, 5) is 5.64. The fraction of sp³-hybridized carbons (Fsp3) is 0.400. The molecule has 0 saturated heterocycles. The molecule has 5 heteroatoms. The molecule has 0 aliphatic carbocycles. The van der Waals surface area contributed by atoms with Crippen LogP contribution < -0.4 is 9.47 Å². The van der Waals surface area contributed by atoms with Crippen molar-refractivity contribution in [3.63, 3.8) is 0 Å². The molecule has 1 heterocycles. The van der Waals surface area contributed by atoms with Crippen molar-refractivity contribution in [1.82, 2.24) is 4.98 Å². The zero-order chi connectivity index (χ0) is 14.7. The zero-order valence-corrected chi connectivity index (χ0v) is 13.0. The van der Waals surface area contributed by atoms with Crippen LogP contribution in [0, 0.1) is 13.8 Å². The fourth-order valence-electron chi connectivity index (χ4n) is 1.85. The molecule has 0 spiro atoms. The number of methoxy groups -OCH3 is 1. The number of hydrogen-bond donors (Lipinski definition) is 1. The highest BCUT2D eigenvalue weighted by molar-refractivity contribution is 7.11. The van der Waals surface area contributed by atoms with E-state index < -0.39 is 6.10 Å². The average molecular weight is 293 g/mol. The quantitative estimate of drug-likeness (QED) is 0.918.